The Morgan fingerprint density at radius 2 is 2.29 bits per heavy atom. The Bertz CT molecular complexity index is 842. The fourth-order valence-corrected chi connectivity index (χ4v) is 2.84. The lowest BCUT2D eigenvalue weighted by Crippen LogP contribution is -2.18. The van der Waals surface area contributed by atoms with Gasteiger partial charge in [0.25, 0.3) is 0 Å². The lowest BCUT2D eigenvalue weighted by atomic mass is 10.2. The lowest BCUT2D eigenvalue weighted by molar-refractivity contribution is 0.120. The van der Waals surface area contributed by atoms with Crippen LogP contribution in [0, 0.1) is 0 Å². The van der Waals surface area contributed by atoms with Crippen LogP contribution in [0.15, 0.2) is 30.7 Å². The summed E-state index contributed by atoms with van der Waals surface area (Å²) in [6.45, 7) is 1.62. The van der Waals surface area contributed by atoms with Crippen LogP contribution in [-0.2, 0) is 4.74 Å². The second-order valence-corrected chi connectivity index (χ2v) is 5.80. The number of methoxy groups -OCH3 is 1. The van der Waals surface area contributed by atoms with Crippen LogP contribution < -0.4 is 10.1 Å². The lowest BCUT2D eigenvalue weighted by Gasteiger charge is -2.09. The van der Waals surface area contributed by atoms with Crippen LogP contribution in [0.4, 0.5) is 5.95 Å². The van der Waals surface area contributed by atoms with Crippen LogP contribution in [0.2, 0.25) is 0 Å². The number of pyridine rings is 2. The summed E-state index contributed by atoms with van der Waals surface area (Å²) in [7, 11) is 1.62. The maximum atomic E-state index is 5.61. The first-order valence-corrected chi connectivity index (χ1v) is 8.02. The van der Waals surface area contributed by atoms with E-state index in [2.05, 4.69) is 25.3 Å². The first kappa shape index (κ1) is 14.9. The van der Waals surface area contributed by atoms with E-state index in [1.54, 1.807) is 25.7 Å². The van der Waals surface area contributed by atoms with Crippen molar-refractivity contribution >= 4 is 17.0 Å². The molecule has 7 heteroatoms. The van der Waals surface area contributed by atoms with E-state index in [4.69, 9.17) is 9.47 Å². The molecule has 0 bridgehead atoms. The number of nitrogens with one attached hydrogen (secondary N) is 2. The van der Waals surface area contributed by atoms with Crippen LogP contribution in [-0.4, -0.2) is 46.3 Å². The van der Waals surface area contributed by atoms with Gasteiger partial charge >= 0.3 is 0 Å². The van der Waals surface area contributed by atoms with Gasteiger partial charge in [0, 0.05) is 24.9 Å². The third-order valence-corrected chi connectivity index (χ3v) is 4.13. The minimum Gasteiger partial charge on any atom is -0.495 e. The summed E-state index contributed by atoms with van der Waals surface area (Å²) in [6, 6.07) is 3.85. The molecule has 0 saturated carbocycles. The standard InChI is InChI=1S/C17H19N5O2/c1-23-13-5-11(7-18-8-13)14-6-15-16(10-19-14)22-17(21-15)20-9-12-3-2-4-24-12/h5-8,10,12H,2-4,9H2,1H3,(H2,20,21,22). The van der Waals surface area contributed by atoms with Crippen LogP contribution in [0.5, 0.6) is 5.75 Å². The molecule has 1 aliphatic rings. The predicted octanol–water partition coefficient (Wildman–Crippen LogP) is 2.62. The maximum Gasteiger partial charge on any atom is 0.201 e. The molecule has 24 heavy (non-hydrogen) atoms. The molecule has 1 unspecified atom stereocenters. The molecule has 0 amide bonds. The average Bonchev–Trinajstić information content (AvgIpc) is 3.28. The summed E-state index contributed by atoms with van der Waals surface area (Å²) >= 11 is 0. The molecule has 1 atom stereocenters. The van der Waals surface area contributed by atoms with E-state index >= 15 is 0 Å². The number of rotatable bonds is 5. The van der Waals surface area contributed by atoms with E-state index in [1.807, 2.05) is 12.1 Å². The van der Waals surface area contributed by atoms with Crippen molar-refractivity contribution in [2.45, 2.75) is 18.9 Å². The fourth-order valence-electron chi connectivity index (χ4n) is 2.84. The van der Waals surface area contributed by atoms with E-state index in [9.17, 15) is 0 Å². The van der Waals surface area contributed by atoms with Gasteiger partial charge in [0.15, 0.2) is 0 Å². The summed E-state index contributed by atoms with van der Waals surface area (Å²) in [5.74, 6) is 1.44. The zero-order valence-electron chi connectivity index (χ0n) is 13.5. The summed E-state index contributed by atoms with van der Waals surface area (Å²) in [4.78, 5) is 16.5. The topological polar surface area (TPSA) is 85.0 Å². The van der Waals surface area contributed by atoms with Gasteiger partial charge in [-0.05, 0) is 25.0 Å². The third-order valence-electron chi connectivity index (χ3n) is 4.13. The van der Waals surface area contributed by atoms with Gasteiger partial charge in [0.2, 0.25) is 5.95 Å². The molecule has 1 aliphatic heterocycles. The summed E-state index contributed by atoms with van der Waals surface area (Å²) in [5, 5.41) is 3.30. The monoisotopic (exact) mass is 325 g/mol. The molecule has 0 radical (unpaired) electrons. The van der Waals surface area contributed by atoms with Crippen LogP contribution >= 0.6 is 0 Å². The molecular weight excluding hydrogens is 306 g/mol. The van der Waals surface area contributed by atoms with Gasteiger partial charge in [-0.2, -0.15) is 0 Å². The minimum absolute atomic E-state index is 0.273. The number of H-pyrrole nitrogens is 1. The highest BCUT2D eigenvalue weighted by Crippen LogP contribution is 2.24. The number of aromatic nitrogens is 4. The zero-order chi connectivity index (χ0) is 16.4. The second kappa shape index (κ2) is 6.45. The quantitative estimate of drug-likeness (QED) is 0.750. The number of imidazole rings is 1. The Kier molecular flexibility index (Phi) is 4.00. The Morgan fingerprint density at radius 3 is 3.12 bits per heavy atom. The molecule has 0 aromatic carbocycles. The largest absolute Gasteiger partial charge is 0.495 e. The molecule has 124 valence electrons. The number of aromatic amines is 1. The molecule has 3 aromatic rings. The molecule has 0 aliphatic carbocycles. The summed E-state index contributed by atoms with van der Waals surface area (Å²) in [6.07, 6.45) is 7.73. The summed E-state index contributed by atoms with van der Waals surface area (Å²) < 4.78 is 10.8. The normalized spacial score (nSPS) is 17.3. The van der Waals surface area contributed by atoms with Crippen molar-refractivity contribution in [1.82, 2.24) is 19.9 Å². The first-order valence-electron chi connectivity index (χ1n) is 8.02. The second-order valence-electron chi connectivity index (χ2n) is 5.80. The van der Waals surface area contributed by atoms with Gasteiger partial charge in [-0.15, -0.1) is 0 Å². The molecule has 0 spiro atoms. The van der Waals surface area contributed by atoms with Crippen molar-refractivity contribution in [3.63, 3.8) is 0 Å². The molecule has 4 heterocycles. The minimum atomic E-state index is 0.273. The van der Waals surface area contributed by atoms with Crippen LogP contribution in [0.1, 0.15) is 12.8 Å². The predicted molar refractivity (Wildman–Crippen MR) is 91.1 cm³/mol. The number of hydrogen-bond acceptors (Lipinski definition) is 6. The van der Waals surface area contributed by atoms with Gasteiger partial charge in [0.05, 0.1) is 42.3 Å². The Labute approximate surface area is 139 Å². The average molecular weight is 325 g/mol. The first-order chi connectivity index (χ1) is 11.8. The molecule has 2 N–H and O–H groups in total. The highest BCUT2D eigenvalue weighted by Gasteiger charge is 2.15. The van der Waals surface area contributed by atoms with Gasteiger partial charge in [0.1, 0.15) is 5.75 Å². The molecular formula is C17H19N5O2. The number of nitrogens with zero attached hydrogens (tertiary/aromatic N) is 3. The van der Waals surface area contributed by atoms with E-state index in [0.29, 0.717) is 5.75 Å². The van der Waals surface area contributed by atoms with Gasteiger partial charge in [-0.3, -0.25) is 9.97 Å². The van der Waals surface area contributed by atoms with Crippen molar-refractivity contribution in [2.24, 2.45) is 0 Å². The summed E-state index contributed by atoms with van der Waals surface area (Å²) in [5.41, 5.74) is 3.46. The molecule has 1 fully saturated rings. The van der Waals surface area contributed by atoms with E-state index in [1.165, 1.54) is 0 Å². The highest BCUT2D eigenvalue weighted by atomic mass is 16.5. The number of ether oxygens (including phenoxy) is 2. The number of anilines is 1. The van der Waals surface area contributed by atoms with Gasteiger partial charge < -0.3 is 19.8 Å². The molecule has 4 rings (SSSR count). The number of fused-ring (bicyclic) bond motifs is 1. The van der Waals surface area contributed by atoms with Crippen molar-refractivity contribution < 1.29 is 9.47 Å². The molecule has 7 nitrogen and oxygen atoms in total. The van der Waals surface area contributed by atoms with Gasteiger partial charge in [-0.25, -0.2) is 4.98 Å². The van der Waals surface area contributed by atoms with E-state index < -0.39 is 0 Å². The fraction of sp³-hybridized carbons (Fsp3) is 0.353. The van der Waals surface area contributed by atoms with Crippen molar-refractivity contribution in [2.75, 3.05) is 25.6 Å². The Morgan fingerprint density at radius 1 is 1.33 bits per heavy atom. The zero-order valence-corrected chi connectivity index (χ0v) is 13.5. The van der Waals surface area contributed by atoms with Crippen LogP contribution in [0.25, 0.3) is 22.3 Å². The molecule has 1 saturated heterocycles. The van der Waals surface area contributed by atoms with Gasteiger partial charge in [-0.1, -0.05) is 0 Å². The van der Waals surface area contributed by atoms with E-state index in [0.717, 1.165) is 54.2 Å². The van der Waals surface area contributed by atoms with E-state index in [-0.39, 0.29) is 6.10 Å². The van der Waals surface area contributed by atoms with Crippen molar-refractivity contribution in [1.29, 1.82) is 0 Å². The van der Waals surface area contributed by atoms with Crippen molar-refractivity contribution in [3.05, 3.63) is 30.7 Å². The maximum absolute atomic E-state index is 5.61. The SMILES string of the molecule is COc1cncc(-c2cc3nc(NCC4CCCO4)[nH]c3cn2)c1. The third kappa shape index (κ3) is 3.03. The Hall–Kier alpha value is -2.67. The van der Waals surface area contributed by atoms with Crippen LogP contribution in [0.3, 0.4) is 0 Å². The smallest absolute Gasteiger partial charge is 0.201 e. The molecule has 3 aromatic heterocycles. The van der Waals surface area contributed by atoms with Crippen molar-refractivity contribution in [3.8, 4) is 17.0 Å². The number of hydrogen-bond donors (Lipinski definition) is 2. The Balaban J connectivity index is 1.56. The highest BCUT2D eigenvalue weighted by molar-refractivity contribution is 5.81.